The third-order valence-corrected chi connectivity index (χ3v) is 2.31. The second kappa shape index (κ2) is 5.35. The van der Waals surface area contributed by atoms with E-state index in [9.17, 15) is 4.79 Å². The number of methoxy groups -OCH3 is 1. The number of carbonyl (C=O) groups is 1. The van der Waals surface area contributed by atoms with Crippen molar-refractivity contribution in [3.63, 3.8) is 0 Å². The summed E-state index contributed by atoms with van der Waals surface area (Å²) >= 11 is 0. The molecule has 5 heteroatoms. The maximum atomic E-state index is 11.4. The van der Waals surface area contributed by atoms with Gasteiger partial charge in [0.2, 0.25) is 5.89 Å². The summed E-state index contributed by atoms with van der Waals surface area (Å²) in [6.45, 7) is 2.04. The third-order valence-electron chi connectivity index (χ3n) is 2.31. The normalized spacial score (nSPS) is 10.1. The van der Waals surface area contributed by atoms with Gasteiger partial charge in [-0.05, 0) is 25.1 Å². The average molecular weight is 247 g/mol. The van der Waals surface area contributed by atoms with E-state index in [1.54, 1.807) is 20.1 Å². The largest absolute Gasteiger partial charge is 0.497 e. The molecule has 0 bridgehead atoms. The van der Waals surface area contributed by atoms with E-state index in [4.69, 9.17) is 13.9 Å². The zero-order chi connectivity index (χ0) is 13.0. The molecule has 0 N–H and O–H groups in total. The topological polar surface area (TPSA) is 61.6 Å². The summed E-state index contributed by atoms with van der Waals surface area (Å²) in [6.07, 6.45) is 1.28. The van der Waals surface area contributed by atoms with E-state index in [0.717, 1.165) is 5.56 Å². The molecule has 0 unspecified atom stereocenters. The lowest BCUT2D eigenvalue weighted by atomic mass is 10.2. The summed E-state index contributed by atoms with van der Waals surface area (Å²) in [4.78, 5) is 15.5. The van der Waals surface area contributed by atoms with E-state index in [2.05, 4.69) is 4.98 Å². The number of ether oxygens (including phenoxy) is 2. The lowest BCUT2D eigenvalue weighted by Crippen LogP contribution is -2.04. The Morgan fingerprint density at radius 1 is 1.44 bits per heavy atom. The standard InChI is InChI=1S/C13H13NO4/c1-3-17-13(15)11-8-18-12(14-11)9-5-4-6-10(7-9)16-2/h4-8H,3H2,1-2H3. The molecule has 0 fully saturated rings. The Hall–Kier alpha value is -2.30. The van der Waals surface area contributed by atoms with E-state index < -0.39 is 5.97 Å². The summed E-state index contributed by atoms with van der Waals surface area (Å²) < 4.78 is 15.2. The Kier molecular flexibility index (Phi) is 3.62. The highest BCUT2D eigenvalue weighted by atomic mass is 16.5. The molecular formula is C13H13NO4. The van der Waals surface area contributed by atoms with Crippen molar-refractivity contribution in [1.29, 1.82) is 0 Å². The number of rotatable bonds is 4. The van der Waals surface area contributed by atoms with Crippen LogP contribution in [0.15, 0.2) is 34.9 Å². The minimum atomic E-state index is -0.490. The Bertz CT molecular complexity index is 547. The van der Waals surface area contributed by atoms with Crippen LogP contribution in [0.25, 0.3) is 11.5 Å². The molecule has 2 rings (SSSR count). The Balaban J connectivity index is 2.26. The molecule has 0 atom stereocenters. The van der Waals surface area contributed by atoms with Crippen LogP contribution in [0.2, 0.25) is 0 Å². The van der Waals surface area contributed by atoms with Crippen molar-refractivity contribution in [3.8, 4) is 17.2 Å². The van der Waals surface area contributed by atoms with Crippen LogP contribution in [0.5, 0.6) is 5.75 Å². The van der Waals surface area contributed by atoms with Crippen molar-refractivity contribution in [1.82, 2.24) is 4.98 Å². The molecule has 0 amide bonds. The highest BCUT2D eigenvalue weighted by Gasteiger charge is 2.14. The van der Waals surface area contributed by atoms with Gasteiger partial charge < -0.3 is 13.9 Å². The SMILES string of the molecule is CCOC(=O)c1coc(-c2cccc(OC)c2)n1. The van der Waals surface area contributed by atoms with Crippen molar-refractivity contribution < 1.29 is 18.7 Å². The number of hydrogen-bond donors (Lipinski definition) is 0. The molecule has 1 aromatic carbocycles. The number of aromatic nitrogens is 1. The third kappa shape index (κ3) is 2.51. The molecule has 0 aliphatic rings. The number of oxazole rings is 1. The van der Waals surface area contributed by atoms with Crippen molar-refractivity contribution in [2.75, 3.05) is 13.7 Å². The molecule has 0 radical (unpaired) electrons. The lowest BCUT2D eigenvalue weighted by Gasteiger charge is -2.00. The Morgan fingerprint density at radius 3 is 3.00 bits per heavy atom. The number of hydrogen-bond acceptors (Lipinski definition) is 5. The van der Waals surface area contributed by atoms with Crippen molar-refractivity contribution >= 4 is 5.97 Å². The molecule has 2 aromatic rings. The van der Waals surface area contributed by atoms with Gasteiger partial charge in [0.05, 0.1) is 13.7 Å². The fourth-order valence-corrected chi connectivity index (χ4v) is 1.46. The fraction of sp³-hybridized carbons (Fsp3) is 0.231. The van der Waals surface area contributed by atoms with Gasteiger partial charge in [-0.25, -0.2) is 9.78 Å². The van der Waals surface area contributed by atoms with Gasteiger partial charge in [-0.3, -0.25) is 0 Å². The molecule has 0 aliphatic carbocycles. The van der Waals surface area contributed by atoms with Gasteiger partial charge in [-0.1, -0.05) is 6.07 Å². The summed E-state index contributed by atoms with van der Waals surface area (Å²) in [7, 11) is 1.58. The second-order valence-electron chi connectivity index (χ2n) is 3.49. The first-order valence-corrected chi connectivity index (χ1v) is 5.51. The minimum absolute atomic E-state index is 0.162. The van der Waals surface area contributed by atoms with Gasteiger partial charge in [0.1, 0.15) is 12.0 Å². The van der Waals surface area contributed by atoms with Crippen LogP contribution < -0.4 is 4.74 Å². The fourth-order valence-electron chi connectivity index (χ4n) is 1.46. The predicted molar refractivity (Wildman–Crippen MR) is 64.4 cm³/mol. The van der Waals surface area contributed by atoms with Gasteiger partial charge in [-0.15, -0.1) is 0 Å². The zero-order valence-electron chi connectivity index (χ0n) is 10.2. The lowest BCUT2D eigenvalue weighted by molar-refractivity contribution is 0.0519. The van der Waals surface area contributed by atoms with Gasteiger partial charge in [0, 0.05) is 5.56 Å². The highest BCUT2D eigenvalue weighted by Crippen LogP contribution is 2.23. The molecule has 1 heterocycles. The van der Waals surface area contributed by atoms with Gasteiger partial charge in [0.25, 0.3) is 0 Å². The molecule has 18 heavy (non-hydrogen) atoms. The van der Waals surface area contributed by atoms with Crippen LogP contribution in [0.4, 0.5) is 0 Å². The maximum Gasteiger partial charge on any atom is 0.360 e. The predicted octanol–water partition coefficient (Wildman–Crippen LogP) is 2.53. The van der Waals surface area contributed by atoms with Crippen LogP contribution in [0.1, 0.15) is 17.4 Å². The smallest absolute Gasteiger partial charge is 0.360 e. The van der Waals surface area contributed by atoms with Gasteiger partial charge in [0.15, 0.2) is 5.69 Å². The average Bonchev–Trinajstić information content (AvgIpc) is 2.89. The second-order valence-corrected chi connectivity index (χ2v) is 3.49. The Morgan fingerprint density at radius 2 is 2.28 bits per heavy atom. The highest BCUT2D eigenvalue weighted by molar-refractivity contribution is 5.87. The van der Waals surface area contributed by atoms with Crippen LogP contribution in [-0.2, 0) is 4.74 Å². The molecule has 5 nitrogen and oxygen atoms in total. The first-order chi connectivity index (χ1) is 8.74. The van der Waals surface area contributed by atoms with Crippen LogP contribution in [0, 0.1) is 0 Å². The Labute approximate surface area is 104 Å². The van der Waals surface area contributed by atoms with E-state index in [0.29, 0.717) is 18.2 Å². The number of benzene rings is 1. The van der Waals surface area contributed by atoms with E-state index in [1.807, 2.05) is 18.2 Å². The molecule has 0 saturated heterocycles. The van der Waals surface area contributed by atoms with Crippen LogP contribution in [0.3, 0.4) is 0 Å². The molecule has 94 valence electrons. The maximum absolute atomic E-state index is 11.4. The molecule has 0 spiro atoms. The number of nitrogens with zero attached hydrogens (tertiary/aromatic N) is 1. The first kappa shape index (κ1) is 12.2. The van der Waals surface area contributed by atoms with E-state index in [-0.39, 0.29) is 5.69 Å². The van der Waals surface area contributed by atoms with Gasteiger partial charge in [-0.2, -0.15) is 0 Å². The van der Waals surface area contributed by atoms with Crippen LogP contribution >= 0.6 is 0 Å². The molecule has 0 aliphatic heterocycles. The summed E-state index contributed by atoms with van der Waals surface area (Å²) in [5.41, 5.74) is 0.902. The van der Waals surface area contributed by atoms with E-state index >= 15 is 0 Å². The monoisotopic (exact) mass is 247 g/mol. The molecule has 1 aromatic heterocycles. The summed E-state index contributed by atoms with van der Waals surface area (Å²) in [5.74, 6) is 0.565. The minimum Gasteiger partial charge on any atom is -0.497 e. The van der Waals surface area contributed by atoms with Crippen molar-refractivity contribution in [3.05, 3.63) is 36.2 Å². The molecule has 0 saturated carbocycles. The van der Waals surface area contributed by atoms with Crippen molar-refractivity contribution in [2.24, 2.45) is 0 Å². The first-order valence-electron chi connectivity index (χ1n) is 5.51. The zero-order valence-corrected chi connectivity index (χ0v) is 10.2. The number of carbonyl (C=O) groups excluding carboxylic acids is 1. The van der Waals surface area contributed by atoms with E-state index in [1.165, 1.54) is 6.26 Å². The van der Waals surface area contributed by atoms with Crippen LogP contribution in [-0.4, -0.2) is 24.7 Å². The van der Waals surface area contributed by atoms with Gasteiger partial charge >= 0.3 is 5.97 Å². The number of esters is 1. The van der Waals surface area contributed by atoms with Crippen molar-refractivity contribution in [2.45, 2.75) is 6.92 Å². The summed E-state index contributed by atoms with van der Waals surface area (Å²) in [5, 5.41) is 0. The quantitative estimate of drug-likeness (QED) is 0.777. The molecular weight excluding hydrogens is 234 g/mol. The summed E-state index contributed by atoms with van der Waals surface area (Å²) in [6, 6.07) is 7.24.